The van der Waals surface area contributed by atoms with Gasteiger partial charge in [-0.15, -0.1) is 0 Å². The summed E-state index contributed by atoms with van der Waals surface area (Å²) in [6.45, 7) is 0. The van der Waals surface area contributed by atoms with Gasteiger partial charge in [0.05, 0.1) is 11.6 Å². The van der Waals surface area contributed by atoms with Gasteiger partial charge in [0.15, 0.2) is 5.69 Å². The van der Waals surface area contributed by atoms with Crippen molar-refractivity contribution < 1.29 is 9.21 Å². The average molecular weight is 308 g/mol. The molecule has 1 aromatic carbocycles. The molecule has 0 saturated carbocycles. The van der Waals surface area contributed by atoms with Crippen molar-refractivity contribution in [1.29, 1.82) is 0 Å². The van der Waals surface area contributed by atoms with Gasteiger partial charge in [0.2, 0.25) is 0 Å². The van der Waals surface area contributed by atoms with Gasteiger partial charge in [-0.25, -0.2) is 10.5 Å². The van der Waals surface area contributed by atoms with Gasteiger partial charge in [-0.3, -0.25) is 9.59 Å². The van der Waals surface area contributed by atoms with Crippen molar-refractivity contribution in [2.24, 2.45) is 5.10 Å². The molecule has 23 heavy (non-hydrogen) atoms. The maximum Gasteiger partial charge on any atom is 0.292 e. The number of carbonyl (C=O) groups is 1. The van der Waals surface area contributed by atoms with Crippen molar-refractivity contribution in [1.82, 2.24) is 15.6 Å². The van der Waals surface area contributed by atoms with Crippen LogP contribution in [0.3, 0.4) is 0 Å². The van der Waals surface area contributed by atoms with E-state index in [4.69, 9.17) is 4.42 Å². The van der Waals surface area contributed by atoms with Crippen molar-refractivity contribution in [3.05, 3.63) is 70.5 Å². The van der Waals surface area contributed by atoms with Gasteiger partial charge in [0.1, 0.15) is 5.76 Å². The zero-order valence-electron chi connectivity index (χ0n) is 11.9. The lowest BCUT2D eigenvalue weighted by Crippen LogP contribution is -2.22. The van der Waals surface area contributed by atoms with Crippen LogP contribution in [0.25, 0.3) is 16.8 Å². The number of nitrogens with one attached hydrogen (secondary N) is 2. The van der Waals surface area contributed by atoms with E-state index in [1.54, 1.807) is 54.8 Å². The number of fused-ring (bicyclic) bond motifs is 1. The molecule has 0 unspecified atom stereocenters. The van der Waals surface area contributed by atoms with E-state index in [1.807, 2.05) is 0 Å². The van der Waals surface area contributed by atoms with Crippen LogP contribution in [0.4, 0.5) is 0 Å². The number of hydrazone groups is 1. The predicted octanol–water partition coefficient (Wildman–Crippen LogP) is 1.95. The van der Waals surface area contributed by atoms with E-state index in [0.29, 0.717) is 16.5 Å². The number of nitrogens with zero attached hydrogens (tertiary/aromatic N) is 2. The Morgan fingerprint density at radius 1 is 1.22 bits per heavy atom. The minimum absolute atomic E-state index is 0.104. The first-order chi connectivity index (χ1) is 11.3. The minimum atomic E-state index is -0.514. The van der Waals surface area contributed by atoms with Gasteiger partial charge < -0.3 is 4.42 Å². The lowest BCUT2D eigenvalue weighted by Gasteiger charge is -2.02. The molecule has 0 aliphatic carbocycles. The van der Waals surface area contributed by atoms with E-state index in [-0.39, 0.29) is 11.3 Å². The van der Waals surface area contributed by atoms with E-state index in [2.05, 4.69) is 20.7 Å². The molecule has 1 amide bonds. The highest BCUT2D eigenvalue weighted by molar-refractivity contribution is 6.04. The van der Waals surface area contributed by atoms with Gasteiger partial charge in [0.25, 0.3) is 11.5 Å². The summed E-state index contributed by atoms with van der Waals surface area (Å²) in [5.74, 6) is 0.163. The molecule has 2 aromatic heterocycles. The maximum atomic E-state index is 12.1. The van der Waals surface area contributed by atoms with Crippen molar-refractivity contribution in [2.45, 2.75) is 0 Å². The highest BCUT2D eigenvalue weighted by Gasteiger charge is 2.12. The molecule has 0 bridgehead atoms. The number of furan rings is 1. The Balaban J connectivity index is 1.74. The van der Waals surface area contributed by atoms with Gasteiger partial charge in [-0.2, -0.15) is 10.2 Å². The number of hydrogen-bond donors (Lipinski definition) is 2. The number of aromatic nitrogens is 2. The molecular weight excluding hydrogens is 296 g/mol. The Morgan fingerprint density at radius 2 is 2.04 bits per heavy atom. The molecule has 2 N–H and O–H groups in total. The second kappa shape index (κ2) is 6.52. The molecule has 2 heterocycles. The van der Waals surface area contributed by atoms with Crippen LogP contribution in [0, 0.1) is 0 Å². The zero-order chi connectivity index (χ0) is 16.1. The molecule has 0 radical (unpaired) electrons. The highest BCUT2D eigenvalue weighted by Crippen LogP contribution is 2.11. The number of H-pyrrole nitrogens is 1. The van der Waals surface area contributed by atoms with Crippen molar-refractivity contribution in [2.75, 3.05) is 0 Å². The zero-order valence-corrected chi connectivity index (χ0v) is 11.9. The molecule has 0 spiro atoms. The topological polar surface area (TPSA) is 100 Å². The van der Waals surface area contributed by atoms with E-state index in [0.717, 1.165) is 0 Å². The number of carbonyl (C=O) groups excluding carboxylic acids is 1. The number of amides is 1. The first-order valence-electron chi connectivity index (χ1n) is 6.77. The summed E-state index contributed by atoms with van der Waals surface area (Å²) in [5.41, 5.74) is 2.11. The Labute approximate surface area is 130 Å². The summed E-state index contributed by atoms with van der Waals surface area (Å²) in [6.07, 6.45) is 6.29. The molecule has 0 atom stereocenters. The third kappa shape index (κ3) is 3.24. The predicted molar refractivity (Wildman–Crippen MR) is 86.1 cm³/mol. The third-order valence-corrected chi connectivity index (χ3v) is 3.04. The number of aromatic amines is 1. The monoisotopic (exact) mass is 308 g/mol. The van der Waals surface area contributed by atoms with Crippen LogP contribution in [-0.2, 0) is 0 Å². The summed E-state index contributed by atoms with van der Waals surface area (Å²) in [7, 11) is 0. The molecule has 3 aromatic rings. The average Bonchev–Trinajstić information content (AvgIpc) is 3.08. The van der Waals surface area contributed by atoms with E-state index in [9.17, 15) is 9.59 Å². The first kappa shape index (κ1) is 14.5. The van der Waals surface area contributed by atoms with Crippen LogP contribution in [0.5, 0.6) is 0 Å². The molecule has 7 nitrogen and oxygen atoms in total. The molecule has 0 aliphatic heterocycles. The molecule has 3 rings (SSSR count). The maximum absolute atomic E-state index is 12.1. The largest absolute Gasteiger partial charge is 0.465 e. The quantitative estimate of drug-likeness (QED) is 0.568. The lowest BCUT2D eigenvalue weighted by atomic mass is 10.1. The number of hydrogen-bond acceptors (Lipinski definition) is 5. The fourth-order valence-electron chi connectivity index (χ4n) is 2.00. The van der Waals surface area contributed by atoms with Crippen molar-refractivity contribution >= 4 is 29.0 Å². The van der Waals surface area contributed by atoms with Crippen LogP contribution in [0.2, 0.25) is 0 Å². The van der Waals surface area contributed by atoms with E-state index >= 15 is 0 Å². The number of rotatable bonds is 4. The Bertz CT molecular complexity index is 939. The molecular formula is C16H12N4O3. The second-order valence-electron chi connectivity index (χ2n) is 4.54. The van der Waals surface area contributed by atoms with Crippen LogP contribution in [-0.4, -0.2) is 22.3 Å². The number of allylic oxidation sites excluding steroid dienone is 1. The fourth-order valence-corrected chi connectivity index (χ4v) is 2.00. The van der Waals surface area contributed by atoms with Crippen LogP contribution in [0.15, 0.2) is 63.1 Å². The summed E-state index contributed by atoms with van der Waals surface area (Å²) >= 11 is 0. The van der Waals surface area contributed by atoms with Crippen molar-refractivity contribution in [3.63, 3.8) is 0 Å². The van der Waals surface area contributed by atoms with Crippen molar-refractivity contribution in [3.8, 4) is 0 Å². The summed E-state index contributed by atoms with van der Waals surface area (Å²) in [4.78, 5) is 23.8. The van der Waals surface area contributed by atoms with Crippen LogP contribution in [0.1, 0.15) is 16.2 Å². The smallest absolute Gasteiger partial charge is 0.292 e. The molecule has 0 saturated heterocycles. The third-order valence-electron chi connectivity index (χ3n) is 3.04. The Kier molecular flexibility index (Phi) is 4.10. The van der Waals surface area contributed by atoms with Gasteiger partial charge in [0, 0.05) is 11.6 Å². The van der Waals surface area contributed by atoms with Gasteiger partial charge in [-0.1, -0.05) is 18.2 Å². The number of benzene rings is 1. The molecule has 0 fully saturated rings. The van der Waals surface area contributed by atoms with Gasteiger partial charge in [-0.05, 0) is 30.4 Å². The van der Waals surface area contributed by atoms with E-state index in [1.165, 1.54) is 6.21 Å². The molecule has 0 aliphatic rings. The first-order valence-corrected chi connectivity index (χ1v) is 6.77. The summed E-state index contributed by atoms with van der Waals surface area (Å²) < 4.78 is 5.11. The van der Waals surface area contributed by atoms with Gasteiger partial charge >= 0.3 is 0 Å². The van der Waals surface area contributed by atoms with Crippen LogP contribution >= 0.6 is 0 Å². The standard InChI is InChI=1S/C16H12N4O3/c21-15-13-8-2-1-7-12(13)14(18-20-15)16(22)19-17-9-3-5-11-6-4-10-23-11/h1-10H,(H,19,22)(H,20,21). The fraction of sp³-hybridized carbons (Fsp3) is 0. The summed E-state index contributed by atoms with van der Waals surface area (Å²) in [5, 5.41) is 10.7. The highest BCUT2D eigenvalue weighted by atomic mass is 16.3. The normalized spacial score (nSPS) is 11.5. The SMILES string of the molecule is O=C(NN=CC=Cc1ccco1)c1n[nH]c(=O)c2ccccc12. The summed E-state index contributed by atoms with van der Waals surface area (Å²) in [6, 6.07) is 10.3. The Morgan fingerprint density at radius 3 is 2.83 bits per heavy atom. The minimum Gasteiger partial charge on any atom is -0.465 e. The lowest BCUT2D eigenvalue weighted by molar-refractivity contribution is 0.0951. The molecule has 114 valence electrons. The van der Waals surface area contributed by atoms with Crippen LogP contribution < -0.4 is 11.0 Å². The van der Waals surface area contributed by atoms with E-state index < -0.39 is 5.91 Å². The Hall–Kier alpha value is -3.48. The second-order valence-corrected chi connectivity index (χ2v) is 4.54. The molecule has 7 heteroatoms.